The van der Waals surface area contributed by atoms with Crippen molar-refractivity contribution in [3.05, 3.63) is 241 Å². The molecule has 4 heteroatoms. The second-order valence-corrected chi connectivity index (χ2v) is 17.8. The van der Waals surface area contributed by atoms with Crippen molar-refractivity contribution in [3.8, 4) is 16.8 Å². The van der Waals surface area contributed by atoms with Gasteiger partial charge in [-0.3, -0.25) is 0 Å². The molecular formula is C59H36N2OS. The van der Waals surface area contributed by atoms with Gasteiger partial charge in [0.15, 0.2) is 0 Å². The van der Waals surface area contributed by atoms with E-state index in [0.29, 0.717) is 0 Å². The van der Waals surface area contributed by atoms with Crippen LogP contribution in [0.25, 0.3) is 71.3 Å². The Morgan fingerprint density at radius 1 is 0.397 bits per heavy atom. The first-order valence-electron chi connectivity index (χ1n) is 21.6. The minimum Gasteiger partial charge on any atom is -0.456 e. The molecule has 0 saturated heterocycles. The topological polar surface area (TPSA) is 21.3 Å². The number of benzene rings is 10. The molecule has 2 aliphatic rings. The normalized spacial score (nSPS) is 15.0. The van der Waals surface area contributed by atoms with Crippen molar-refractivity contribution in [2.24, 2.45) is 0 Å². The minimum absolute atomic E-state index is 0.546. The lowest BCUT2D eigenvalue weighted by Crippen LogP contribution is -2.36. The Bertz CT molecular complexity index is 3860. The molecule has 14 rings (SSSR count). The molecule has 3 nitrogen and oxygen atoms in total. The Hall–Kier alpha value is -7.79. The Labute approximate surface area is 368 Å². The minimum atomic E-state index is -0.546. The van der Waals surface area contributed by atoms with E-state index in [1.807, 2.05) is 17.8 Å². The molecule has 1 spiro atoms. The summed E-state index contributed by atoms with van der Waals surface area (Å²) in [5.41, 5.74) is 15.8. The number of aromatic nitrogens is 1. The zero-order valence-electron chi connectivity index (χ0n) is 34.0. The van der Waals surface area contributed by atoms with E-state index in [9.17, 15) is 0 Å². The van der Waals surface area contributed by atoms with Crippen LogP contribution in [0.4, 0.5) is 17.1 Å². The number of para-hydroxylation sites is 3. The lowest BCUT2D eigenvalue weighted by molar-refractivity contribution is 0.669. The Morgan fingerprint density at radius 2 is 1.05 bits per heavy atom. The first kappa shape index (κ1) is 34.9. The maximum atomic E-state index is 6.40. The van der Waals surface area contributed by atoms with E-state index in [-0.39, 0.29) is 0 Å². The molecule has 2 aromatic heterocycles. The predicted octanol–water partition coefficient (Wildman–Crippen LogP) is 16.1. The van der Waals surface area contributed by atoms with Crippen LogP contribution in [0.5, 0.6) is 0 Å². The van der Waals surface area contributed by atoms with Crippen LogP contribution in [-0.2, 0) is 5.41 Å². The average molecular weight is 821 g/mol. The first-order valence-corrected chi connectivity index (χ1v) is 22.4. The number of furan rings is 1. The van der Waals surface area contributed by atoms with Gasteiger partial charge in [0.1, 0.15) is 11.2 Å². The molecule has 10 aromatic carbocycles. The molecule has 1 atom stereocenters. The molecule has 63 heavy (non-hydrogen) atoms. The van der Waals surface area contributed by atoms with Crippen molar-refractivity contribution >= 4 is 83.3 Å². The number of hydrogen-bond donors (Lipinski definition) is 0. The standard InChI is InChI=1S/C59H36N2OS/c1-2-17-38(18-3-1)60(39-31-33-51-45(35-39)42-20-5-9-26-50(42)61(51)52-27-14-29-54-58(52)44-21-6-10-28-53(44)62-54)40-32-34-56-49(36-40)59(47-24-8-11-30-55(47)63-56)46-23-7-4-19-41(46)43-22-12-15-37-16-13-25-48(59)57(37)43/h1-36H. The molecule has 0 saturated carbocycles. The molecule has 1 unspecified atom stereocenters. The summed E-state index contributed by atoms with van der Waals surface area (Å²) in [6.45, 7) is 0. The van der Waals surface area contributed by atoms with Gasteiger partial charge in [-0.15, -0.1) is 0 Å². The fraction of sp³-hybridized carbons (Fsp3) is 0.0169. The van der Waals surface area contributed by atoms with Crippen molar-refractivity contribution in [1.29, 1.82) is 0 Å². The van der Waals surface area contributed by atoms with E-state index in [0.717, 1.165) is 55.7 Å². The second-order valence-electron chi connectivity index (χ2n) is 16.8. The highest BCUT2D eigenvalue weighted by Crippen LogP contribution is 2.62. The van der Waals surface area contributed by atoms with Gasteiger partial charge in [-0.1, -0.05) is 151 Å². The summed E-state index contributed by atoms with van der Waals surface area (Å²) in [6.07, 6.45) is 0. The molecule has 0 amide bonds. The maximum Gasteiger partial charge on any atom is 0.137 e. The quantitative estimate of drug-likeness (QED) is 0.176. The zero-order chi connectivity index (χ0) is 41.2. The van der Waals surface area contributed by atoms with Crippen LogP contribution < -0.4 is 4.90 Å². The van der Waals surface area contributed by atoms with E-state index in [1.54, 1.807) is 0 Å². The summed E-state index contributed by atoms with van der Waals surface area (Å²) >= 11 is 1.89. The van der Waals surface area contributed by atoms with Crippen molar-refractivity contribution in [1.82, 2.24) is 4.57 Å². The number of nitrogens with zero attached hydrogens (tertiary/aromatic N) is 2. The number of anilines is 3. The van der Waals surface area contributed by atoms with Gasteiger partial charge in [0, 0.05) is 43.0 Å². The number of hydrogen-bond acceptors (Lipinski definition) is 3. The van der Waals surface area contributed by atoms with Crippen molar-refractivity contribution in [2.45, 2.75) is 15.2 Å². The van der Waals surface area contributed by atoms with E-state index in [2.05, 4.69) is 222 Å². The summed E-state index contributed by atoms with van der Waals surface area (Å²) in [4.78, 5) is 5.01. The lowest BCUT2D eigenvalue weighted by Gasteiger charge is -2.46. The summed E-state index contributed by atoms with van der Waals surface area (Å²) in [5.74, 6) is 0. The van der Waals surface area contributed by atoms with Crippen molar-refractivity contribution in [3.63, 3.8) is 0 Å². The Balaban J connectivity index is 1.03. The summed E-state index contributed by atoms with van der Waals surface area (Å²) in [6, 6.07) is 80.5. The molecule has 294 valence electrons. The zero-order valence-corrected chi connectivity index (χ0v) is 34.8. The Morgan fingerprint density at radius 3 is 1.97 bits per heavy atom. The van der Waals surface area contributed by atoms with Crippen LogP contribution in [0.3, 0.4) is 0 Å². The highest BCUT2D eigenvalue weighted by molar-refractivity contribution is 7.99. The predicted molar refractivity (Wildman–Crippen MR) is 262 cm³/mol. The van der Waals surface area contributed by atoms with E-state index in [1.165, 1.54) is 64.7 Å². The van der Waals surface area contributed by atoms with Gasteiger partial charge in [0.2, 0.25) is 0 Å². The average Bonchev–Trinajstić information content (AvgIpc) is 3.89. The molecule has 1 aliphatic carbocycles. The van der Waals surface area contributed by atoms with Crippen molar-refractivity contribution in [2.75, 3.05) is 4.90 Å². The Kier molecular flexibility index (Phi) is 7.26. The molecule has 0 radical (unpaired) electrons. The van der Waals surface area contributed by atoms with Crippen LogP contribution in [0.15, 0.2) is 233 Å². The summed E-state index contributed by atoms with van der Waals surface area (Å²) in [5, 5.41) is 7.23. The van der Waals surface area contributed by atoms with Crippen LogP contribution in [0.2, 0.25) is 0 Å². The largest absolute Gasteiger partial charge is 0.456 e. The lowest BCUT2D eigenvalue weighted by atomic mass is 9.59. The highest BCUT2D eigenvalue weighted by atomic mass is 32.2. The molecule has 0 N–H and O–H groups in total. The van der Waals surface area contributed by atoms with Crippen LogP contribution in [0.1, 0.15) is 22.3 Å². The monoisotopic (exact) mass is 820 g/mol. The van der Waals surface area contributed by atoms with Gasteiger partial charge in [-0.25, -0.2) is 0 Å². The molecule has 0 fully saturated rings. The SMILES string of the molecule is c1ccc(N(c2ccc3c(c2)C2(c4ccccc4S3)c3ccccc3-c3cccc4cccc2c34)c2ccc3c(c2)c2ccccc2n3-c2cccc3oc4ccccc4c23)cc1. The third-order valence-corrected chi connectivity index (χ3v) is 14.8. The maximum absolute atomic E-state index is 6.40. The van der Waals surface area contributed by atoms with Gasteiger partial charge in [0.25, 0.3) is 0 Å². The molecule has 3 heterocycles. The fourth-order valence-corrected chi connectivity index (χ4v) is 12.3. The van der Waals surface area contributed by atoms with E-state index >= 15 is 0 Å². The molecule has 12 aromatic rings. The summed E-state index contributed by atoms with van der Waals surface area (Å²) < 4.78 is 8.81. The van der Waals surface area contributed by atoms with Crippen LogP contribution in [-0.4, -0.2) is 4.57 Å². The van der Waals surface area contributed by atoms with Gasteiger partial charge in [0.05, 0.1) is 27.5 Å². The van der Waals surface area contributed by atoms with Gasteiger partial charge >= 0.3 is 0 Å². The number of fused-ring (bicyclic) bond motifs is 14. The highest BCUT2D eigenvalue weighted by Gasteiger charge is 2.48. The van der Waals surface area contributed by atoms with Crippen LogP contribution >= 0.6 is 11.8 Å². The third-order valence-electron chi connectivity index (χ3n) is 13.6. The van der Waals surface area contributed by atoms with Crippen LogP contribution in [0, 0.1) is 0 Å². The van der Waals surface area contributed by atoms with E-state index in [4.69, 9.17) is 4.42 Å². The number of rotatable bonds is 4. The third kappa shape index (κ3) is 4.76. The second kappa shape index (κ2) is 13.1. The molecule has 1 aliphatic heterocycles. The fourth-order valence-electron chi connectivity index (χ4n) is 11.1. The van der Waals surface area contributed by atoms with Crippen molar-refractivity contribution < 1.29 is 4.42 Å². The van der Waals surface area contributed by atoms with Gasteiger partial charge < -0.3 is 13.9 Å². The smallest absolute Gasteiger partial charge is 0.137 e. The summed E-state index contributed by atoms with van der Waals surface area (Å²) in [7, 11) is 0. The molecular weight excluding hydrogens is 785 g/mol. The van der Waals surface area contributed by atoms with Gasteiger partial charge in [-0.2, -0.15) is 0 Å². The first-order chi connectivity index (χ1) is 31.3. The molecule has 0 bridgehead atoms. The van der Waals surface area contributed by atoms with Gasteiger partial charge in [-0.05, 0) is 123 Å². The van der Waals surface area contributed by atoms with E-state index < -0.39 is 5.41 Å².